The quantitative estimate of drug-likeness (QED) is 0.441. The Kier molecular flexibility index (Phi) is 8.82. The van der Waals surface area contributed by atoms with E-state index in [9.17, 15) is 15.3 Å². The molecule has 0 saturated carbocycles. The van der Waals surface area contributed by atoms with Gasteiger partial charge in [-0.25, -0.2) is 0 Å². The van der Waals surface area contributed by atoms with E-state index >= 15 is 0 Å². The highest BCUT2D eigenvalue weighted by Gasteiger charge is 2.38. The number of hydrogen-bond acceptors (Lipinski definition) is 6. The number of ether oxygens (including phenoxy) is 3. The van der Waals surface area contributed by atoms with Crippen molar-refractivity contribution in [2.75, 3.05) is 13.2 Å². The minimum absolute atomic E-state index is 0.177. The molecular formula is C16H32O6. The molecule has 6 heteroatoms. The molecule has 0 bridgehead atoms. The van der Waals surface area contributed by atoms with Gasteiger partial charge in [-0.05, 0) is 19.3 Å². The van der Waals surface area contributed by atoms with E-state index in [-0.39, 0.29) is 19.1 Å². The predicted molar refractivity (Wildman–Crippen MR) is 82.3 cm³/mol. The molecule has 0 amide bonds. The minimum atomic E-state index is -1.23. The molecule has 4 atom stereocenters. The van der Waals surface area contributed by atoms with Crippen LogP contribution in [0.25, 0.3) is 0 Å². The summed E-state index contributed by atoms with van der Waals surface area (Å²) in [6.07, 6.45) is 1.24. The molecule has 2 unspecified atom stereocenters. The highest BCUT2D eigenvalue weighted by atomic mass is 16.7. The first kappa shape index (κ1) is 19.8. The molecule has 1 aliphatic heterocycles. The van der Waals surface area contributed by atoms with Crippen LogP contribution in [0.15, 0.2) is 0 Å². The van der Waals surface area contributed by atoms with Gasteiger partial charge < -0.3 is 29.5 Å². The Hall–Kier alpha value is -0.240. The van der Waals surface area contributed by atoms with Gasteiger partial charge in [-0.3, -0.25) is 0 Å². The van der Waals surface area contributed by atoms with E-state index in [4.69, 9.17) is 14.2 Å². The zero-order chi connectivity index (χ0) is 16.6. The van der Waals surface area contributed by atoms with E-state index in [1.54, 1.807) is 0 Å². The largest absolute Gasteiger partial charge is 0.394 e. The van der Waals surface area contributed by atoms with Gasteiger partial charge in [0.25, 0.3) is 0 Å². The molecule has 0 aromatic rings. The summed E-state index contributed by atoms with van der Waals surface area (Å²) in [6, 6.07) is 0. The molecular weight excluding hydrogens is 288 g/mol. The van der Waals surface area contributed by atoms with Crippen molar-refractivity contribution in [2.45, 2.75) is 89.7 Å². The third-order valence-corrected chi connectivity index (χ3v) is 4.20. The predicted octanol–water partition coefficient (Wildman–Crippen LogP) is 1.56. The maximum absolute atomic E-state index is 10.4. The van der Waals surface area contributed by atoms with Gasteiger partial charge in [0.15, 0.2) is 12.1 Å². The van der Waals surface area contributed by atoms with E-state index in [0.29, 0.717) is 25.9 Å². The Labute approximate surface area is 133 Å². The molecule has 0 aromatic heterocycles. The van der Waals surface area contributed by atoms with Gasteiger partial charge in [0.1, 0.15) is 0 Å². The first-order valence-corrected chi connectivity index (χ1v) is 8.44. The Morgan fingerprint density at radius 2 is 1.82 bits per heavy atom. The van der Waals surface area contributed by atoms with E-state index in [2.05, 4.69) is 6.92 Å². The van der Waals surface area contributed by atoms with Crippen LogP contribution in [-0.4, -0.2) is 58.9 Å². The molecule has 3 N–H and O–H groups in total. The molecule has 0 spiro atoms. The van der Waals surface area contributed by atoms with Gasteiger partial charge in [-0.2, -0.15) is 0 Å². The summed E-state index contributed by atoms with van der Waals surface area (Å²) in [4.78, 5) is 0. The first-order chi connectivity index (χ1) is 10.5. The molecule has 1 rings (SSSR count). The second kappa shape index (κ2) is 9.80. The van der Waals surface area contributed by atoms with Crippen molar-refractivity contribution in [3.8, 4) is 0 Å². The lowest BCUT2D eigenvalue weighted by Gasteiger charge is -2.34. The number of aliphatic hydroxyl groups excluding tert-OH is 2. The van der Waals surface area contributed by atoms with E-state index in [1.807, 2.05) is 13.8 Å². The molecule has 1 heterocycles. The number of hydrogen-bond donors (Lipinski definition) is 3. The second-order valence-corrected chi connectivity index (χ2v) is 5.94. The van der Waals surface area contributed by atoms with Gasteiger partial charge in [-0.15, -0.1) is 0 Å². The Morgan fingerprint density at radius 3 is 2.36 bits per heavy atom. The van der Waals surface area contributed by atoms with Gasteiger partial charge in [-0.1, -0.05) is 27.2 Å². The molecule has 0 aromatic carbocycles. The third-order valence-electron chi connectivity index (χ3n) is 4.20. The molecule has 6 nitrogen and oxygen atoms in total. The van der Waals surface area contributed by atoms with Crippen LogP contribution in [0.4, 0.5) is 0 Å². The van der Waals surface area contributed by atoms with E-state index in [1.165, 1.54) is 0 Å². The fourth-order valence-corrected chi connectivity index (χ4v) is 2.59. The Bertz CT molecular complexity index is 294. The Morgan fingerprint density at radius 1 is 1.14 bits per heavy atom. The van der Waals surface area contributed by atoms with Crippen molar-refractivity contribution in [1.82, 2.24) is 0 Å². The van der Waals surface area contributed by atoms with Crippen LogP contribution in [0.5, 0.6) is 0 Å². The van der Waals surface area contributed by atoms with Crippen LogP contribution in [-0.2, 0) is 14.2 Å². The average molecular weight is 320 g/mol. The highest BCUT2D eigenvalue weighted by molar-refractivity contribution is 4.82. The maximum atomic E-state index is 10.4. The van der Waals surface area contributed by atoms with Crippen LogP contribution in [0.2, 0.25) is 0 Å². The molecule has 22 heavy (non-hydrogen) atoms. The molecule has 1 fully saturated rings. The molecule has 0 aliphatic carbocycles. The molecule has 1 saturated heterocycles. The summed E-state index contributed by atoms with van der Waals surface area (Å²) in [5.74, 6) is -1.23. The summed E-state index contributed by atoms with van der Waals surface area (Å²) in [7, 11) is 0. The summed E-state index contributed by atoms with van der Waals surface area (Å²) >= 11 is 0. The summed E-state index contributed by atoms with van der Waals surface area (Å²) in [5, 5.41) is 29.7. The SMILES string of the molecule is CCCCOC1C[C@@H](CO)OC(O)C[C@@H]1OC(O)(CC)CC. The van der Waals surface area contributed by atoms with Crippen LogP contribution < -0.4 is 0 Å². The summed E-state index contributed by atoms with van der Waals surface area (Å²) in [5.41, 5.74) is 0. The lowest BCUT2D eigenvalue weighted by Crippen LogP contribution is -2.43. The number of aliphatic hydroxyl groups is 3. The maximum Gasteiger partial charge on any atom is 0.165 e. The minimum Gasteiger partial charge on any atom is -0.394 e. The topological polar surface area (TPSA) is 88.4 Å². The molecule has 1 aliphatic rings. The second-order valence-electron chi connectivity index (χ2n) is 5.94. The summed E-state index contributed by atoms with van der Waals surface area (Å²) < 4.78 is 17.1. The van der Waals surface area contributed by atoms with Crippen LogP contribution in [0, 0.1) is 0 Å². The monoisotopic (exact) mass is 320 g/mol. The fraction of sp³-hybridized carbons (Fsp3) is 1.00. The fourth-order valence-electron chi connectivity index (χ4n) is 2.59. The van der Waals surface area contributed by atoms with Crippen LogP contribution >= 0.6 is 0 Å². The Balaban J connectivity index is 2.80. The normalized spacial score (nSPS) is 30.3. The van der Waals surface area contributed by atoms with Gasteiger partial charge in [0, 0.05) is 19.4 Å². The average Bonchev–Trinajstić information content (AvgIpc) is 2.66. The van der Waals surface area contributed by atoms with Crippen LogP contribution in [0.1, 0.15) is 59.3 Å². The van der Waals surface area contributed by atoms with Gasteiger partial charge in [0.2, 0.25) is 0 Å². The lowest BCUT2D eigenvalue weighted by atomic mass is 10.0. The van der Waals surface area contributed by atoms with Gasteiger partial charge in [0.05, 0.1) is 24.9 Å². The highest BCUT2D eigenvalue weighted by Crippen LogP contribution is 2.29. The summed E-state index contributed by atoms with van der Waals surface area (Å²) in [6.45, 7) is 6.21. The zero-order valence-corrected chi connectivity index (χ0v) is 14.0. The number of rotatable bonds is 9. The van der Waals surface area contributed by atoms with Crippen molar-refractivity contribution >= 4 is 0 Å². The van der Waals surface area contributed by atoms with Crippen molar-refractivity contribution in [1.29, 1.82) is 0 Å². The van der Waals surface area contributed by atoms with Crippen LogP contribution in [0.3, 0.4) is 0 Å². The molecule has 0 radical (unpaired) electrons. The third kappa shape index (κ3) is 6.10. The van der Waals surface area contributed by atoms with E-state index < -0.39 is 24.3 Å². The van der Waals surface area contributed by atoms with E-state index in [0.717, 1.165) is 12.8 Å². The zero-order valence-electron chi connectivity index (χ0n) is 14.0. The van der Waals surface area contributed by atoms with Crippen molar-refractivity contribution in [2.24, 2.45) is 0 Å². The smallest absolute Gasteiger partial charge is 0.165 e. The van der Waals surface area contributed by atoms with Crippen molar-refractivity contribution in [3.63, 3.8) is 0 Å². The standard InChI is InChI=1S/C16H32O6/c1-4-7-8-20-13-9-12(11-17)21-15(18)10-14(13)22-16(19,5-2)6-3/h12-15,17-19H,4-11H2,1-3H3/t12-,13?,14-,15?/m0/s1. The van der Waals surface area contributed by atoms with Crippen molar-refractivity contribution < 1.29 is 29.5 Å². The number of unbranched alkanes of at least 4 members (excludes halogenated alkanes) is 1. The lowest BCUT2D eigenvalue weighted by molar-refractivity contribution is -0.259. The van der Waals surface area contributed by atoms with Crippen molar-refractivity contribution in [3.05, 3.63) is 0 Å². The molecule has 132 valence electrons. The van der Waals surface area contributed by atoms with Gasteiger partial charge >= 0.3 is 0 Å². The first-order valence-electron chi connectivity index (χ1n) is 8.44.